The van der Waals surface area contributed by atoms with Crippen LogP contribution in [-0.2, 0) is 4.79 Å². The number of hydrogen-bond acceptors (Lipinski definition) is 5. The number of pyridine rings is 1. The van der Waals surface area contributed by atoms with Crippen LogP contribution in [0.25, 0.3) is 11.4 Å². The Morgan fingerprint density at radius 1 is 1.20 bits per heavy atom. The Bertz CT molecular complexity index is 728. The van der Waals surface area contributed by atoms with Crippen LogP contribution in [-0.4, -0.2) is 26.8 Å². The van der Waals surface area contributed by atoms with Gasteiger partial charge in [0.05, 0.1) is 17.1 Å². The highest BCUT2D eigenvalue weighted by molar-refractivity contribution is 6.08. The molecule has 0 aromatic carbocycles. The zero-order valence-electron chi connectivity index (χ0n) is 10.3. The Morgan fingerprint density at radius 3 is 2.65 bits per heavy atom. The minimum Gasteiger partial charge on any atom is -0.366 e. The summed E-state index contributed by atoms with van der Waals surface area (Å²) in [6.45, 7) is 0. The molecule has 1 amide bonds. The molecule has 20 heavy (non-hydrogen) atoms. The van der Waals surface area contributed by atoms with Crippen LogP contribution in [0.3, 0.4) is 0 Å². The van der Waals surface area contributed by atoms with Gasteiger partial charge in [0.1, 0.15) is 5.69 Å². The van der Waals surface area contributed by atoms with Crippen LogP contribution in [0.15, 0.2) is 47.3 Å². The van der Waals surface area contributed by atoms with Gasteiger partial charge in [0.2, 0.25) is 5.91 Å². The quantitative estimate of drug-likeness (QED) is 0.543. The van der Waals surface area contributed by atoms with Crippen molar-refractivity contribution in [3.8, 4) is 11.4 Å². The molecule has 0 bridgehead atoms. The molecule has 0 atom stereocenters. The van der Waals surface area contributed by atoms with Crippen molar-refractivity contribution in [2.45, 2.75) is 0 Å². The van der Waals surface area contributed by atoms with E-state index in [1.807, 2.05) is 0 Å². The second kappa shape index (κ2) is 5.70. The Labute approximate surface area is 113 Å². The van der Waals surface area contributed by atoms with Crippen molar-refractivity contribution in [3.63, 3.8) is 0 Å². The molecule has 0 fully saturated rings. The number of hydrogen-bond donors (Lipinski definition) is 3. The molecule has 0 unspecified atom stereocenters. The molecular formula is C13H11N5O2. The number of nitrogens with one attached hydrogen (secondary N) is 2. The lowest BCUT2D eigenvalue weighted by atomic mass is 10.2. The van der Waals surface area contributed by atoms with Gasteiger partial charge in [-0.05, 0) is 24.3 Å². The first-order valence-electron chi connectivity index (χ1n) is 5.66. The van der Waals surface area contributed by atoms with Crippen molar-refractivity contribution < 1.29 is 4.79 Å². The van der Waals surface area contributed by atoms with Gasteiger partial charge in [0.15, 0.2) is 0 Å². The first-order chi connectivity index (χ1) is 9.56. The summed E-state index contributed by atoms with van der Waals surface area (Å²) in [5, 5.41) is 14.0. The number of aromatic nitrogens is 3. The molecule has 0 radical (unpaired) electrons. The molecule has 7 nitrogen and oxygen atoms in total. The molecule has 2 aromatic heterocycles. The van der Waals surface area contributed by atoms with E-state index in [2.05, 4.69) is 15.2 Å². The second-order valence-corrected chi connectivity index (χ2v) is 3.86. The smallest absolute Gasteiger partial charge is 0.264 e. The first kappa shape index (κ1) is 13.3. The summed E-state index contributed by atoms with van der Waals surface area (Å²) in [5.74, 6) is -0.631. The second-order valence-electron chi connectivity index (χ2n) is 3.86. The maximum atomic E-state index is 11.0. The van der Waals surface area contributed by atoms with E-state index in [-0.39, 0.29) is 11.3 Å². The van der Waals surface area contributed by atoms with Crippen molar-refractivity contribution in [1.29, 1.82) is 5.41 Å². The number of H-pyrrole nitrogens is 1. The number of carbonyl (C=O) groups excluding carboxylic acids is 1. The van der Waals surface area contributed by atoms with Gasteiger partial charge in [-0.15, -0.1) is 0 Å². The van der Waals surface area contributed by atoms with Crippen LogP contribution in [0.4, 0.5) is 0 Å². The Balaban J connectivity index is 2.32. The standard InChI is InChI=1S/C13H11N5O2/c14-8(4-6-12(15)19)9-2-1-3-10(16-9)11-5-7-13(20)18-17-11/h1-7,14H,(H2,15,19)(H,18,20)/b6-4-,14-8?. The van der Waals surface area contributed by atoms with Crippen LogP contribution >= 0.6 is 0 Å². The van der Waals surface area contributed by atoms with Crippen LogP contribution in [0.5, 0.6) is 0 Å². The maximum Gasteiger partial charge on any atom is 0.264 e. The fourth-order valence-electron chi connectivity index (χ4n) is 1.47. The number of nitrogens with two attached hydrogens (primary N) is 1. The molecule has 0 saturated carbocycles. The number of nitrogens with zero attached hydrogens (tertiary/aromatic N) is 2. The molecule has 4 N–H and O–H groups in total. The molecule has 0 aliphatic carbocycles. The van der Waals surface area contributed by atoms with Crippen molar-refractivity contribution in [2.75, 3.05) is 0 Å². The topological polar surface area (TPSA) is 126 Å². The minimum absolute atomic E-state index is 0.0510. The molecule has 2 rings (SSSR count). The summed E-state index contributed by atoms with van der Waals surface area (Å²) in [6, 6.07) is 7.91. The zero-order chi connectivity index (χ0) is 14.5. The van der Waals surface area contributed by atoms with Gasteiger partial charge in [-0.1, -0.05) is 6.07 Å². The van der Waals surface area contributed by atoms with Crippen LogP contribution in [0.1, 0.15) is 5.69 Å². The van der Waals surface area contributed by atoms with E-state index in [0.29, 0.717) is 17.1 Å². The SMILES string of the molecule is N=C(/C=C\C(N)=O)c1cccc(-c2ccc(=O)[nH]n2)n1. The zero-order valence-corrected chi connectivity index (χ0v) is 10.3. The van der Waals surface area contributed by atoms with Gasteiger partial charge in [-0.25, -0.2) is 10.1 Å². The van der Waals surface area contributed by atoms with Gasteiger partial charge in [-0.2, -0.15) is 5.10 Å². The van der Waals surface area contributed by atoms with Gasteiger partial charge in [-0.3, -0.25) is 15.0 Å². The molecule has 0 spiro atoms. The van der Waals surface area contributed by atoms with Crippen molar-refractivity contribution >= 4 is 11.6 Å². The fraction of sp³-hybridized carbons (Fsp3) is 0. The number of allylic oxidation sites excluding steroid dienone is 1. The summed E-state index contributed by atoms with van der Waals surface area (Å²) in [5.41, 5.74) is 6.08. The molecule has 7 heteroatoms. The third-order valence-electron chi connectivity index (χ3n) is 2.38. The van der Waals surface area contributed by atoms with Crippen LogP contribution in [0, 0.1) is 5.41 Å². The monoisotopic (exact) mass is 269 g/mol. The number of aromatic amines is 1. The van der Waals surface area contributed by atoms with Crippen molar-refractivity contribution in [1.82, 2.24) is 15.2 Å². The summed E-state index contributed by atoms with van der Waals surface area (Å²) in [7, 11) is 0. The van der Waals surface area contributed by atoms with Crippen molar-refractivity contribution in [2.24, 2.45) is 5.73 Å². The summed E-state index contributed by atoms with van der Waals surface area (Å²) >= 11 is 0. The third kappa shape index (κ3) is 3.22. The van der Waals surface area contributed by atoms with Gasteiger partial charge in [0.25, 0.3) is 5.56 Å². The van der Waals surface area contributed by atoms with Crippen LogP contribution < -0.4 is 11.3 Å². The van der Waals surface area contributed by atoms with Gasteiger partial charge < -0.3 is 5.73 Å². The number of amides is 1. The Morgan fingerprint density at radius 2 is 2.00 bits per heavy atom. The predicted octanol–water partition coefficient (Wildman–Crippen LogP) is 0.241. The molecule has 2 aromatic rings. The highest BCUT2D eigenvalue weighted by atomic mass is 16.1. The fourth-order valence-corrected chi connectivity index (χ4v) is 1.47. The van der Waals surface area contributed by atoms with Gasteiger partial charge in [0, 0.05) is 12.1 Å². The molecular weight excluding hydrogens is 258 g/mol. The number of carbonyl (C=O) groups is 1. The lowest BCUT2D eigenvalue weighted by molar-refractivity contribution is -0.113. The van der Waals surface area contributed by atoms with E-state index in [9.17, 15) is 9.59 Å². The highest BCUT2D eigenvalue weighted by Crippen LogP contribution is 2.12. The molecule has 100 valence electrons. The van der Waals surface area contributed by atoms with E-state index in [1.54, 1.807) is 18.2 Å². The largest absolute Gasteiger partial charge is 0.366 e. The summed E-state index contributed by atoms with van der Waals surface area (Å²) < 4.78 is 0. The minimum atomic E-state index is -0.631. The van der Waals surface area contributed by atoms with E-state index in [1.165, 1.54) is 18.2 Å². The average molecular weight is 269 g/mol. The normalized spacial score (nSPS) is 10.6. The number of primary amides is 1. The van der Waals surface area contributed by atoms with E-state index < -0.39 is 5.91 Å². The van der Waals surface area contributed by atoms with E-state index in [4.69, 9.17) is 11.1 Å². The Hall–Kier alpha value is -3.09. The van der Waals surface area contributed by atoms with Crippen LogP contribution in [0.2, 0.25) is 0 Å². The van der Waals surface area contributed by atoms with Crippen molar-refractivity contribution in [3.05, 3.63) is 58.5 Å². The van der Waals surface area contributed by atoms with Gasteiger partial charge >= 0.3 is 0 Å². The third-order valence-corrected chi connectivity index (χ3v) is 2.38. The molecule has 0 saturated heterocycles. The van der Waals surface area contributed by atoms with E-state index >= 15 is 0 Å². The lowest BCUT2D eigenvalue weighted by Gasteiger charge is -2.02. The first-order valence-corrected chi connectivity index (χ1v) is 5.66. The maximum absolute atomic E-state index is 11.0. The number of rotatable bonds is 4. The lowest BCUT2D eigenvalue weighted by Crippen LogP contribution is -2.08. The summed E-state index contributed by atoms with van der Waals surface area (Å²) in [6.07, 6.45) is 2.36. The molecule has 0 aliphatic rings. The Kier molecular flexibility index (Phi) is 3.80. The highest BCUT2D eigenvalue weighted by Gasteiger charge is 2.05. The predicted molar refractivity (Wildman–Crippen MR) is 73.3 cm³/mol. The van der Waals surface area contributed by atoms with E-state index in [0.717, 1.165) is 6.08 Å². The molecule has 2 heterocycles. The molecule has 0 aliphatic heterocycles. The summed E-state index contributed by atoms with van der Waals surface area (Å²) in [4.78, 5) is 25.8. The average Bonchev–Trinajstić information content (AvgIpc) is 2.45.